The number of carbonyl (C=O) groups is 1. The molecule has 0 unspecified atom stereocenters. The van der Waals surface area contributed by atoms with Crippen molar-refractivity contribution in [1.29, 1.82) is 0 Å². The molecule has 1 amide bonds. The van der Waals surface area contributed by atoms with Crippen LogP contribution in [0, 0.1) is 6.92 Å². The highest BCUT2D eigenvalue weighted by Crippen LogP contribution is 2.18. The van der Waals surface area contributed by atoms with Crippen LogP contribution < -0.4 is 4.90 Å². The van der Waals surface area contributed by atoms with Crippen LogP contribution in [0.4, 0.5) is 5.69 Å². The molecule has 3 rings (SSSR count). The van der Waals surface area contributed by atoms with Crippen molar-refractivity contribution in [2.45, 2.75) is 13.5 Å². The number of carbonyl (C=O) groups excluding carboxylic acids is 1. The second kappa shape index (κ2) is 7.53. The SMILES string of the molecule is C=CCN(C(=O)Cn1nnc(-c2ccccc2C)n1)c1ccccc1. The normalized spacial score (nSPS) is 10.4. The molecule has 0 radical (unpaired) electrons. The molecule has 0 N–H and O–H groups in total. The van der Waals surface area contributed by atoms with E-state index >= 15 is 0 Å². The quantitative estimate of drug-likeness (QED) is 0.651. The molecule has 0 bridgehead atoms. The van der Waals surface area contributed by atoms with Gasteiger partial charge in [0.05, 0.1) is 0 Å². The van der Waals surface area contributed by atoms with E-state index < -0.39 is 0 Å². The van der Waals surface area contributed by atoms with Crippen molar-refractivity contribution < 1.29 is 4.79 Å². The highest BCUT2D eigenvalue weighted by Gasteiger charge is 2.17. The summed E-state index contributed by atoms with van der Waals surface area (Å²) in [5.41, 5.74) is 2.78. The van der Waals surface area contributed by atoms with E-state index in [9.17, 15) is 4.79 Å². The second-order valence-corrected chi connectivity index (χ2v) is 5.59. The van der Waals surface area contributed by atoms with E-state index in [1.54, 1.807) is 11.0 Å². The third kappa shape index (κ3) is 3.80. The fraction of sp³-hybridized carbons (Fsp3) is 0.158. The molecule has 0 aliphatic rings. The van der Waals surface area contributed by atoms with Crippen molar-refractivity contribution in [3.05, 3.63) is 72.8 Å². The summed E-state index contributed by atoms with van der Waals surface area (Å²) in [7, 11) is 0. The molecule has 0 fully saturated rings. The molecular weight excluding hydrogens is 314 g/mol. The summed E-state index contributed by atoms with van der Waals surface area (Å²) in [5.74, 6) is 0.390. The molecule has 0 spiro atoms. The van der Waals surface area contributed by atoms with Gasteiger partial charge in [-0.3, -0.25) is 4.79 Å². The molecule has 0 aliphatic carbocycles. The highest BCUT2D eigenvalue weighted by atomic mass is 16.2. The molecule has 0 saturated heterocycles. The summed E-state index contributed by atoms with van der Waals surface area (Å²) in [6, 6.07) is 17.3. The van der Waals surface area contributed by atoms with Gasteiger partial charge in [-0.2, -0.15) is 4.80 Å². The van der Waals surface area contributed by atoms with Crippen molar-refractivity contribution >= 4 is 11.6 Å². The molecule has 1 aromatic heterocycles. The maximum Gasteiger partial charge on any atom is 0.250 e. The van der Waals surface area contributed by atoms with E-state index in [0.717, 1.165) is 16.8 Å². The van der Waals surface area contributed by atoms with E-state index in [4.69, 9.17) is 0 Å². The Hall–Kier alpha value is -3.28. The lowest BCUT2D eigenvalue weighted by Crippen LogP contribution is -2.34. The minimum Gasteiger partial charge on any atom is -0.307 e. The van der Waals surface area contributed by atoms with Gasteiger partial charge in [0, 0.05) is 17.8 Å². The predicted octanol–water partition coefficient (Wildman–Crippen LogP) is 2.87. The zero-order valence-electron chi connectivity index (χ0n) is 14.0. The summed E-state index contributed by atoms with van der Waals surface area (Å²) in [6.07, 6.45) is 1.69. The van der Waals surface area contributed by atoms with Gasteiger partial charge >= 0.3 is 0 Å². The molecule has 25 heavy (non-hydrogen) atoms. The molecule has 3 aromatic rings. The Morgan fingerprint density at radius 2 is 1.88 bits per heavy atom. The molecule has 0 aliphatic heterocycles. The van der Waals surface area contributed by atoms with Crippen LogP contribution in [0.15, 0.2) is 67.3 Å². The molecule has 6 nitrogen and oxygen atoms in total. The van der Waals surface area contributed by atoms with Crippen LogP contribution in [0.2, 0.25) is 0 Å². The Labute approximate surface area is 146 Å². The molecule has 2 aromatic carbocycles. The minimum absolute atomic E-state index is 0.0155. The number of benzene rings is 2. The molecule has 0 atom stereocenters. The van der Waals surface area contributed by atoms with E-state index in [1.807, 2.05) is 61.5 Å². The topological polar surface area (TPSA) is 63.9 Å². The van der Waals surface area contributed by atoms with Crippen LogP contribution in [-0.2, 0) is 11.3 Å². The number of tetrazole rings is 1. The third-order valence-electron chi connectivity index (χ3n) is 3.80. The third-order valence-corrected chi connectivity index (χ3v) is 3.80. The fourth-order valence-electron chi connectivity index (χ4n) is 2.54. The van der Waals surface area contributed by atoms with Crippen LogP contribution in [-0.4, -0.2) is 32.7 Å². The minimum atomic E-state index is -0.125. The van der Waals surface area contributed by atoms with Crippen LogP contribution in [0.1, 0.15) is 5.56 Å². The fourth-order valence-corrected chi connectivity index (χ4v) is 2.54. The number of hydrogen-bond donors (Lipinski definition) is 0. The van der Waals surface area contributed by atoms with Crippen LogP contribution in [0.5, 0.6) is 0 Å². The first-order chi connectivity index (χ1) is 12.2. The lowest BCUT2D eigenvalue weighted by molar-refractivity contribution is -0.119. The lowest BCUT2D eigenvalue weighted by atomic mass is 10.1. The number of anilines is 1. The summed E-state index contributed by atoms with van der Waals surface area (Å²) < 4.78 is 0. The first-order valence-corrected chi connectivity index (χ1v) is 7.99. The number of nitrogens with zero attached hydrogens (tertiary/aromatic N) is 5. The molecule has 0 saturated carbocycles. The molecule has 6 heteroatoms. The average Bonchev–Trinajstić information content (AvgIpc) is 3.09. The molecule has 126 valence electrons. The summed E-state index contributed by atoms with van der Waals surface area (Å²) in [6.45, 7) is 6.15. The van der Waals surface area contributed by atoms with Gasteiger partial charge in [0.15, 0.2) is 0 Å². The summed E-state index contributed by atoms with van der Waals surface area (Å²) in [4.78, 5) is 15.6. The Bertz CT molecular complexity index is 872. The van der Waals surface area contributed by atoms with Crippen molar-refractivity contribution in [3.63, 3.8) is 0 Å². The lowest BCUT2D eigenvalue weighted by Gasteiger charge is -2.20. The average molecular weight is 333 g/mol. The van der Waals surface area contributed by atoms with Gasteiger partial charge in [-0.05, 0) is 29.8 Å². The largest absolute Gasteiger partial charge is 0.307 e. The van der Waals surface area contributed by atoms with Crippen LogP contribution in [0.25, 0.3) is 11.4 Å². The second-order valence-electron chi connectivity index (χ2n) is 5.59. The van der Waals surface area contributed by atoms with Gasteiger partial charge in [0.2, 0.25) is 5.82 Å². The van der Waals surface area contributed by atoms with Crippen molar-refractivity contribution in [2.75, 3.05) is 11.4 Å². The van der Waals surface area contributed by atoms with Gasteiger partial charge in [-0.1, -0.05) is 48.5 Å². The maximum absolute atomic E-state index is 12.7. The van der Waals surface area contributed by atoms with Crippen molar-refractivity contribution in [3.8, 4) is 11.4 Å². The Balaban J connectivity index is 1.78. The first kappa shape index (κ1) is 16.6. The Morgan fingerprint density at radius 3 is 2.60 bits per heavy atom. The standard InChI is InChI=1S/C19H19N5O/c1-3-13-23(16-10-5-4-6-11-16)18(25)14-24-21-19(20-22-24)17-12-8-7-9-15(17)2/h3-12H,1,13-14H2,2H3. The Kier molecular flexibility index (Phi) is 4.99. The zero-order valence-corrected chi connectivity index (χ0v) is 14.0. The molecular formula is C19H19N5O. The van der Waals surface area contributed by atoms with Crippen molar-refractivity contribution in [2.24, 2.45) is 0 Å². The monoisotopic (exact) mass is 333 g/mol. The van der Waals surface area contributed by atoms with E-state index in [1.165, 1.54) is 4.80 Å². The van der Waals surface area contributed by atoms with Gasteiger partial charge in [-0.15, -0.1) is 16.8 Å². The molecule has 1 heterocycles. The number of para-hydroxylation sites is 1. The van der Waals surface area contributed by atoms with Crippen LogP contribution in [0.3, 0.4) is 0 Å². The highest BCUT2D eigenvalue weighted by molar-refractivity contribution is 5.93. The summed E-state index contributed by atoms with van der Waals surface area (Å²) in [5, 5.41) is 12.4. The van der Waals surface area contributed by atoms with E-state index in [0.29, 0.717) is 12.4 Å². The van der Waals surface area contributed by atoms with E-state index in [2.05, 4.69) is 22.0 Å². The number of rotatable bonds is 6. The number of hydrogen-bond acceptors (Lipinski definition) is 4. The van der Waals surface area contributed by atoms with Crippen molar-refractivity contribution in [1.82, 2.24) is 20.2 Å². The smallest absolute Gasteiger partial charge is 0.250 e. The number of aryl methyl sites for hydroxylation is 1. The number of amides is 1. The zero-order chi connectivity index (χ0) is 17.6. The maximum atomic E-state index is 12.7. The van der Waals surface area contributed by atoms with Gasteiger partial charge in [-0.25, -0.2) is 0 Å². The summed E-state index contributed by atoms with van der Waals surface area (Å²) >= 11 is 0. The first-order valence-electron chi connectivity index (χ1n) is 7.99. The van der Waals surface area contributed by atoms with Gasteiger partial charge < -0.3 is 4.90 Å². The van der Waals surface area contributed by atoms with E-state index in [-0.39, 0.29) is 12.5 Å². The number of aromatic nitrogens is 4. The Morgan fingerprint density at radius 1 is 1.16 bits per heavy atom. The van der Waals surface area contributed by atoms with Crippen LogP contribution >= 0.6 is 0 Å². The predicted molar refractivity (Wildman–Crippen MR) is 97.0 cm³/mol. The van der Waals surface area contributed by atoms with Gasteiger partial charge in [0.25, 0.3) is 5.91 Å². The van der Waals surface area contributed by atoms with Gasteiger partial charge in [0.1, 0.15) is 6.54 Å².